The molecule has 2 rings (SSSR count). The number of methoxy groups -OCH3 is 1. The fraction of sp³-hybridized carbons (Fsp3) is 0.583. The van der Waals surface area contributed by atoms with Gasteiger partial charge in [-0.3, -0.25) is 4.79 Å². The van der Waals surface area contributed by atoms with E-state index in [1.807, 2.05) is 11.8 Å². The van der Waals surface area contributed by atoms with Crippen molar-refractivity contribution in [2.24, 2.45) is 0 Å². The van der Waals surface area contributed by atoms with E-state index in [1.54, 1.807) is 12.4 Å². The number of amides is 1. The average molecular weight is 251 g/mol. The summed E-state index contributed by atoms with van der Waals surface area (Å²) >= 11 is 0. The fourth-order valence-electron chi connectivity index (χ4n) is 1.97. The van der Waals surface area contributed by atoms with Crippen LogP contribution in [0, 0.1) is 0 Å². The van der Waals surface area contributed by atoms with Crippen LogP contribution in [0.5, 0.6) is 11.8 Å². The molecule has 0 aromatic carbocycles. The van der Waals surface area contributed by atoms with E-state index in [0.29, 0.717) is 24.7 Å². The van der Waals surface area contributed by atoms with Gasteiger partial charge in [0.15, 0.2) is 0 Å². The molecule has 1 aliphatic rings. The molecule has 2 heterocycles. The number of hydrogen-bond donors (Lipinski definition) is 0. The van der Waals surface area contributed by atoms with Gasteiger partial charge in [-0.1, -0.05) is 6.92 Å². The number of likely N-dealkylation sites (tertiary alicyclic amines) is 1. The molecule has 18 heavy (non-hydrogen) atoms. The smallest absolute Gasteiger partial charge is 0.278 e. The molecule has 0 N–H and O–H groups in total. The van der Waals surface area contributed by atoms with Crippen molar-refractivity contribution < 1.29 is 14.3 Å². The van der Waals surface area contributed by atoms with E-state index in [4.69, 9.17) is 9.47 Å². The molecule has 0 aliphatic carbocycles. The summed E-state index contributed by atoms with van der Waals surface area (Å²) in [6.07, 6.45) is 4.41. The largest absolute Gasteiger partial charge is 0.477 e. The SMILES string of the molecule is CCC(=O)N1CCC(Oc2nccnc2OC)C1. The number of ether oxygens (including phenoxy) is 2. The monoisotopic (exact) mass is 251 g/mol. The number of nitrogens with zero attached hydrogens (tertiary/aromatic N) is 3. The molecular formula is C12H17N3O3. The summed E-state index contributed by atoms with van der Waals surface area (Å²) in [6, 6.07) is 0. The Kier molecular flexibility index (Phi) is 3.96. The number of carbonyl (C=O) groups is 1. The van der Waals surface area contributed by atoms with Gasteiger partial charge in [-0.05, 0) is 0 Å². The fourth-order valence-corrected chi connectivity index (χ4v) is 1.97. The van der Waals surface area contributed by atoms with Crippen molar-refractivity contribution >= 4 is 5.91 Å². The molecule has 1 unspecified atom stereocenters. The highest BCUT2D eigenvalue weighted by Crippen LogP contribution is 2.23. The maximum Gasteiger partial charge on any atom is 0.278 e. The molecule has 1 amide bonds. The molecule has 1 aliphatic heterocycles. The maximum atomic E-state index is 11.6. The quantitative estimate of drug-likeness (QED) is 0.794. The van der Waals surface area contributed by atoms with Crippen LogP contribution in [0.25, 0.3) is 0 Å². The predicted octanol–water partition coefficient (Wildman–Crippen LogP) is 0.875. The first kappa shape index (κ1) is 12.6. The summed E-state index contributed by atoms with van der Waals surface area (Å²) in [6.45, 7) is 3.20. The highest BCUT2D eigenvalue weighted by Gasteiger charge is 2.27. The van der Waals surface area contributed by atoms with E-state index in [1.165, 1.54) is 7.11 Å². The zero-order valence-corrected chi connectivity index (χ0v) is 10.6. The summed E-state index contributed by atoms with van der Waals surface area (Å²) in [5.74, 6) is 0.917. The summed E-state index contributed by atoms with van der Waals surface area (Å²) in [5.41, 5.74) is 0. The molecule has 1 atom stereocenters. The van der Waals surface area contributed by atoms with Crippen molar-refractivity contribution in [3.05, 3.63) is 12.4 Å². The van der Waals surface area contributed by atoms with Crippen LogP contribution in [0.2, 0.25) is 0 Å². The second kappa shape index (κ2) is 5.66. The van der Waals surface area contributed by atoms with E-state index in [0.717, 1.165) is 13.0 Å². The van der Waals surface area contributed by atoms with Crippen molar-refractivity contribution in [1.82, 2.24) is 14.9 Å². The van der Waals surface area contributed by atoms with E-state index in [2.05, 4.69) is 9.97 Å². The molecular weight excluding hydrogens is 234 g/mol. The lowest BCUT2D eigenvalue weighted by atomic mass is 10.3. The second-order valence-corrected chi connectivity index (χ2v) is 4.09. The first-order valence-electron chi connectivity index (χ1n) is 6.04. The standard InChI is InChI=1S/C12H17N3O3/c1-3-10(16)15-7-4-9(8-15)18-12-11(17-2)13-5-6-14-12/h5-6,9H,3-4,7-8H2,1-2H3. The van der Waals surface area contributed by atoms with Crippen molar-refractivity contribution in [3.8, 4) is 11.8 Å². The third-order valence-corrected chi connectivity index (χ3v) is 2.91. The lowest BCUT2D eigenvalue weighted by molar-refractivity contribution is -0.130. The van der Waals surface area contributed by atoms with Gasteiger partial charge in [0.1, 0.15) is 6.10 Å². The minimum absolute atomic E-state index is 0.0360. The first-order chi connectivity index (χ1) is 8.74. The minimum Gasteiger partial charge on any atom is -0.477 e. The third-order valence-electron chi connectivity index (χ3n) is 2.91. The Bertz CT molecular complexity index is 425. The third kappa shape index (κ3) is 2.69. The van der Waals surface area contributed by atoms with Crippen molar-refractivity contribution in [1.29, 1.82) is 0 Å². The Labute approximate surface area is 106 Å². The lowest BCUT2D eigenvalue weighted by Gasteiger charge is -2.16. The first-order valence-corrected chi connectivity index (χ1v) is 6.04. The van der Waals surface area contributed by atoms with Crippen molar-refractivity contribution in [3.63, 3.8) is 0 Å². The van der Waals surface area contributed by atoms with Gasteiger partial charge in [0, 0.05) is 31.8 Å². The molecule has 98 valence electrons. The van der Waals surface area contributed by atoms with E-state index < -0.39 is 0 Å². The Morgan fingerprint density at radius 2 is 2.17 bits per heavy atom. The Morgan fingerprint density at radius 1 is 1.44 bits per heavy atom. The average Bonchev–Trinajstić information content (AvgIpc) is 2.87. The molecule has 0 spiro atoms. The van der Waals surface area contributed by atoms with Crippen LogP contribution in [-0.2, 0) is 4.79 Å². The Morgan fingerprint density at radius 3 is 2.83 bits per heavy atom. The van der Waals surface area contributed by atoms with Crippen LogP contribution >= 0.6 is 0 Å². The molecule has 1 aromatic heterocycles. The Hall–Kier alpha value is -1.85. The molecule has 0 radical (unpaired) electrons. The van der Waals surface area contributed by atoms with Gasteiger partial charge in [0.05, 0.1) is 13.7 Å². The highest BCUT2D eigenvalue weighted by molar-refractivity contribution is 5.76. The van der Waals surface area contributed by atoms with Gasteiger partial charge in [0.2, 0.25) is 5.91 Å². The van der Waals surface area contributed by atoms with Crippen LogP contribution in [-0.4, -0.2) is 47.1 Å². The van der Waals surface area contributed by atoms with E-state index in [9.17, 15) is 4.79 Å². The summed E-state index contributed by atoms with van der Waals surface area (Å²) < 4.78 is 10.8. The van der Waals surface area contributed by atoms with Gasteiger partial charge < -0.3 is 14.4 Å². The van der Waals surface area contributed by atoms with Crippen LogP contribution in [0.4, 0.5) is 0 Å². The summed E-state index contributed by atoms with van der Waals surface area (Å²) in [7, 11) is 1.53. The molecule has 6 nitrogen and oxygen atoms in total. The number of hydrogen-bond acceptors (Lipinski definition) is 5. The summed E-state index contributed by atoms with van der Waals surface area (Å²) in [4.78, 5) is 21.5. The van der Waals surface area contributed by atoms with Gasteiger partial charge in [0.25, 0.3) is 11.8 Å². The van der Waals surface area contributed by atoms with Gasteiger partial charge in [-0.15, -0.1) is 0 Å². The zero-order valence-electron chi connectivity index (χ0n) is 10.6. The van der Waals surface area contributed by atoms with Crippen LogP contribution in [0.15, 0.2) is 12.4 Å². The maximum absolute atomic E-state index is 11.6. The van der Waals surface area contributed by atoms with Crippen LogP contribution in [0.1, 0.15) is 19.8 Å². The number of aromatic nitrogens is 2. The van der Waals surface area contributed by atoms with Crippen molar-refractivity contribution in [2.45, 2.75) is 25.9 Å². The molecule has 1 fully saturated rings. The Balaban J connectivity index is 1.97. The topological polar surface area (TPSA) is 64.6 Å². The summed E-state index contributed by atoms with van der Waals surface area (Å²) in [5, 5.41) is 0. The zero-order chi connectivity index (χ0) is 13.0. The molecule has 0 saturated carbocycles. The number of carbonyl (C=O) groups excluding carboxylic acids is 1. The van der Waals surface area contributed by atoms with E-state index >= 15 is 0 Å². The molecule has 1 saturated heterocycles. The molecule has 6 heteroatoms. The van der Waals surface area contributed by atoms with Crippen LogP contribution in [0.3, 0.4) is 0 Å². The van der Waals surface area contributed by atoms with E-state index in [-0.39, 0.29) is 12.0 Å². The highest BCUT2D eigenvalue weighted by atomic mass is 16.5. The van der Waals surface area contributed by atoms with Gasteiger partial charge in [-0.25, -0.2) is 9.97 Å². The van der Waals surface area contributed by atoms with Gasteiger partial charge >= 0.3 is 0 Å². The molecule has 1 aromatic rings. The van der Waals surface area contributed by atoms with Gasteiger partial charge in [-0.2, -0.15) is 0 Å². The van der Waals surface area contributed by atoms with Crippen molar-refractivity contribution in [2.75, 3.05) is 20.2 Å². The van der Waals surface area contributed by atoms with Crippen LogP contribution < -0.4 is 9.47 Å². The predicted molar refractivity (Wildman–Crippen MR) is 64.5 cm³/mol. The minimum atomic E-state index is -0.0360. The second-order valence-electron chi connectivity index (χ2n) is 4.09. The lowest BCUT2D eigenvalue weighted by Crippen LogP contribution is -2.30. The molecule has 0 bridgehead atoms. The normalized spacial score (nSPS) is 18.8. The number of rotatable bonds is 4.